The number of rotatable bonds is 53. The molecule has 0 aliphatic heterocycles. The van der Waals surface area contributed by atoms with Crippen molar-refractivity contribution in [2.24, 2.45) is 0 Å². The number of hydrogen-bond donors (Lipinski definition) is 0. The van der Waals surface area contributed by atoms with Crippen molar-refractivity contribution in [2.75, 3.05) is 13.2 Å². The van der Waals surface area contributed by atoms with Crippen LogP contribution in [0.25, 0.3) is 0 Å². The molecule has 0 amide bonds. The maximum atomic E-state index is 12.8. The number of allylic oxidation sites excluding steroid dienone is 6. The summed E-state index contributed by atoms with van der Waals surface area (Å²) in [6.45, 7) is 6.64. The molecule has 6 heteroatoms. The van der Waals surface area contributed by atoms with Gasteiger partial charge in [0, 0.05) is 19.3 Å². The first kappa shape index (κ1) is 63.6. The summed E-state index contributed by atoms with van der Waals surface area (Å²) in [5.41, 5.74) is 0. The lowest BCUT2D eigenvalue weighted by Gasteiger charge is -2.18. The van der Waals surface area contributed by atoms with Crippen molar-refractivity contribution in [3.05, 3.63) is 36.5 Å². The molecular formula is C60H110O6. The first-order valence-corrected chi connectivity index (χ1v) is 29.0. The fraction of sp³-hybridized carbons (Fsp3) is 0.850. The fourth-order valence-corrected chi connectivity index (χ4v) is 8.49. The van der Waals surface area contributed by atoms with E-state index in [-0.39, 0.29) is 31.1 Å². The Labute approximate surface area is 410 Å². The molecule has 0 fully saturated rings. The zero-order chi connectivity index (χ0) is 47.9. The van der Waals surface area contributed by atoms with Crippen LogP contribution in [0.4, 0.5) is 0 Å². The molecule has 0 saturated carbocycles. The monoisotopic (exact) mass is 927 g/mol. The molecule has 0 aromatic heterocycles. The van der Waals surface area contributed by atoms with Gasteiger partial charge in [0.05, 0.1) is 0 Å². The molecule has 0 aliphatic carbocycles. The van der Waals surface area contributed by atoms with Gasteiger partial charge >= 0.3 is 17.9 Å². The van der Waals surface area contributed by atoms with Crippen LogP contribution in [0.5, 0.6) is 0 Å². The van der Waals surface area contributed by atoms with E-state index >= 15 is 0 Å². The summed E-state index contributed by atoms with van der Waals surface area (Å²) < 4.78 is 16.8. The van der Waals surface area contributed by atoms with Crippen molar-refractivity contribution in [3.8, 4) is 0 Å². The highest BCUT2D eigenvalue weighted by Crippen LogP contribution is 2.16. The molecule has 0 radical (unpaired) electrons. The van der Waals surface area contributed by atoms with E-state index in [0.29, 0.717) is 19.3 Å². The number of esters is 3. The first-order valence-electron chi connectivity index (χ1n) is 29.0. The van der Waals surface area contributed by atoms with Crippen molar-refractivity contribution in [1.29, 1.82) is 0 Å². The van der Waals surface area contributed by atoms with E-state index in [1.165, 1.54) is 180 Å². The van der Waals surface area contributed by atoms with E-state index in [1.54, 1.807) is 0 Å². The summed E-state index contributed by atoms with van der Waals surface area (Å²) in [5.74, 6) is -0.894. The molecular weight excluding hydrogens is 817 g/mol. The minimum Gasteiger partial charge on any atom is -0.462 e. The van der Waals surface area contributed by atoms with Crippen molar-refractivity contribution < 1.29 is 28.6 Å². The third-order valence-electron chi connectivity index (χ3n) is 12.9. The summed E-state index contributed by atoms with van der Waals surface area (Å²) in [6, 6.07) is 0. The SMILES string of the molecule is CCCCCCCC/C=C\CCCCCC(=O)OCC(COC(=O)CCCCCCC/C=C\C=C/CCCCCCCCC)OC(=O)CCCCCCCCCCCCCCCCCCC. The van der Waals surface area contributed by atoms with Crippen LogP contribution in [0.1, 0.15) is 310 Å². The minimum atomic E-state index is -0.781. The Hall–Kier alpha value is -2.37. The third-order valence-corrected chi connectivity index (χ3v) is 12.9. The van der Waals surface area contributed by atoms with Gasteiger partial charge in [0.25, 0.3) is 0 Å². The van der Waals surface area contributed by atoms with E-state index in [0.717, 1.165) is 89.9 Å². The Morgan fingerprint density at radius 1 is 0.303 bits per heavy atom. The maximum absolute atomic E-state index is 12.8. The molecule has 0 aromatic rings. The quantitative estimate of drug-likeness (QED) is 0.0199. The van der Waals surface area contributed by atoms with Crippen LogP contribution in [-0.2, 0) is 28.6 Å². The van der Waals surface area contributed by atoms with Gasteiger partial charge in [-0.2, -0.15) is 0 Å². The van der Waals surface area contributed by atoms with Crippen LogP contribution in [0.2, 0.25) is 0 Å². The van der Waals surface area contributed by atoms with E-state index in [4.69, 9.17) is 14.2 Å². The average molecular weight is 928 g/mol. The molecule has 0 rings (SSSR count). The zero-order valence-corrected chi connectivity index (χ0v) is 44.2. The van der Waals surface area contributed by atoms with Gasteiger partial charge in [0.15, 0.2) is 6.10 Å². The first-order chi connectivity index (χ1) is 32.5. The van der Waals surface area contributed by atoms with Crippen LogP contribution in [0, 0.1) is 0 Å². The van der Waals surface area contributed by atoms with E-state index in [2.05, 4.69) is 57.2 Å². The van der Waals surface area contributed by atoms with Gasteiger partial charge in [-0.15, -0.1) is 0 Å². The van der Waals surface area contributed by atoms with Crippen molar-refractivity contribution in [2.45, 2.75) is 316 Å². The molecule has 0 saturated heterocycles. The predicted octanol–water partition coefficient (Wildman–Crippen LogP) is 19.3. The molecule has 0 heterocycles. The predicted molar refractivity (Wildman–Crippen MR) is 284 cm³/mol. The average Bonchev–Trinajstić information content (AvgIpc) is 3.31. The van der Waals surface area contributed by atoms with E-state index < -0.39 is 6.10 Å². The number of carbonyl (C=O) groups excluding carboxylic acids is 3. The Kier molecular flexibility index (Phi) is 53.2. The molecule has 0 N–H and O–H groups in total. The Bertz CT molecular complexity index is 1110. The highest BCUT2D eigenvalue weighted by Gasteiger charge is 2.19. The summed E-state index contributed by atoms with van der Waals surface area (Å²) >= 11 is 0. The van der Waals surface area contributed by atoms with Gasteiger partial charge in [0.1, 0.15) is 13.2 Å². The molecule has 1 atom stereocenters. The molecule has 0 bridgehead atoms. The molecule has 6 nitrogen and oxygen atoms in total. The number of ether oxygens (including phenoxy) is 3. The van der Waals surface area contributed by atoms with Crippen LogP contribution < -0.4 is 0 Å². The van der Waals surface area contributed by atoms with Crippen LogP contribution in [-0.4, -0.2) is 37.2 Å². The van der Waals surface area contributed by atoms with Crippen molar-refractivity contribution in [3.63, 3.8) is 0 Å². The van der Waals surface area contributed by atoms with Crippen LogP contribution in [0.3, 0.4) is 0 Å². The smallest absolute Gasteiger partial charge is 0.306 e. The molecule has 386 valence electrons. The second-order valence-corrected chi connectivity index (χ2v) is 19.6. The molecule has 1 unspecified atom stereocenters. The summed E-state index contributed by atoms with van der Waals surface area (Å²) in [5, 5.41) is 0. The highest BCUT2D eigenvalue weighted by molar-refractivity contribution is 5.71. The van der Waals surface area contributed by atoms with E-state index in [9.17, 15) is 14.4 Å². The Morgan fingerprint density at radius 2 is 0.545 bits per heavy atom. The minimum absolute atomic E-state index is 0.0815. The third kappa shape index (κ3) is 52.6. The van der Waals surface area contributed by atoms with Crippen molar-refractivity contribution in [1.82, 2.24) is 0 Å². The largest absolute Gasteiger partial charge is 0.462 e. The summed E-state index contributed by atoms with van der Waals surface area (Å²) in [7, 11) is 0. The second kappa shape index (κ2) is 55.2. The Balaban J connectivity index is 4.37. The van der Waals surface area contributed by atoms with Gasteiger partial charge in [-0.1, -0.05) is 256 Å². The number of carbonyl (C=O) groups is 3. The van der Waals surface area contributed by atoms with Crippen LogP contribution in [0.15, 0.2) is 36.5 Å². The normalized spacial score (nSPS) is 12.2. The van der Waals surface area contributed by atoms with Gasteiger partial charge in [-0.05, 0) is 70.6 Å². The zero-order valence-electron chi connectivity index (χ0n) is 44.2. The van der Waals surface area contributed by atoms with Crippen LogP contribution >= 0.6 is 0 Å². The maximum Gasteiger partial charge on any atom is 0.306 e. The molecule has 0 spiro atoms. The van der Waals surface area contributed by atoms with Gasteiger partial charge in [-0.3, -0.25) is 14.4 Å². The number of unbranched alkanes of at least 4 members (excludes halogenated alkanes) is 37. The topological polar surface area (TPSA) is 78.9 Å². The van der Waals surface area contributed by atoms with Gasteiger partial charge in [-0.25, -0.2) is 0 Å². The molecule has 66 heavy (non-hydrogen) atoms. The van der Waals surface area contributed by atoms with E-state index in [1.807, 2.05) is 0 Å². The number of hydrogen-bond acceptors (Lipinski definition) is 6. The van der Waals surface area contributed by atoms with Gasteiger partial charge < -0.3 is 14.2 Å². The molecule has 0 aromatic carbocycles. The fourth-order valence-electron chi connectivity index (χ4n) is 8.49. The summed E-state index contributed by atoms with van der Waals surface area (Å²) in [6.07, 6.45) is 65.6. The summed E-state index contributed by atoms with van der Waals surface area (Å²) in [4.78, 5) is 38.1. The highest BCUT2D eigenvalue weighted by atomic mass is 16.6. The van der Waals surface area contributed by atoms with Gasteiger partial charge in [0.2, 0.25) is 0 Å². The lowest BCUT2D eigenvalue weighted by atomic mass is 10.0. The second-order valence-electron chi connectivity index (χ2n) is 19.6. The lowest BCUT2D eigenvalue weighted by molar-refractivity contribution is -0.167. The molecule has 0 aliphatic rings. The Morgan fingerprint density at radius 3 is 0.864 bits per heavy atom. The lowest BCUT2D eigenvalue weighted by Crippen LogP contribution is -2.30. The standard InChI is InChI=1S/C60H110O6/c1-4-7-10-13-16-19-22-25-27-29-31-32-35-38-41-44-47-50-53-59(62)65-56-57(55-64-58(61)52-49-46-43-40-37-34-24-21-18-15-12-9-6-3)66-60(63)54-51-48-45-42-39-36-33-30-28-26-23-20-17-14-11-8-5-2/h27,29,31-32,34,37,57H,4-26,28,30,33,35-36,38-56H2,1-3H3/b29-27-,32-31-,37-34-. The van der Waals surface area contributed by atoms with Crippen molar-refractivity contribution >= 4 is 17.9 Å².